The van der Waals surface area contributed by atoms with Crippen LogP contribution in [-0.2, 0) is 0 Å². The van der Waals surface area contributed by atoms with Gasteiger partial charge in [-0.2, -0.15) is 0 Å². The van der Waals surface area contributed by atoms with Crippen molar-refractivity contribution in [2.24, 2.45) is 0 Å². The Morgan fingerprint density at radius 3 is 1.35 bits per heavy atom. The average molecular weight is 232 g/mol. The molecule has 2 N–H and O–H groups in total. The van der Waals surface area contributed by atoms with Crippen molar-refractivity contribution in [3.8, 4) is 11.5 Å². The molecule has 0 spiro atoms. The molecular weight excluding hydrogens is 216 g/mol. The van der Waals surface area contributed by atoms with Crippen LogP contribution in [-0.4, -0.2) is 16.5 Å². The van der Waals surface area contributed by atoms with Crippen LogP contribution in [0.5, 0.6) is 11.5 Å². The third kappa shape index (κ3) is 6.35. The molecule has 0 saturated carbocycles. The van der Waals surface area contributed by atoms with Crippen molar-refractivity contribution < 1.29 is 14.9 Å². The van der Waals surface area contributed by atoms with E-state index in [9.17, 15) is 0 Å². The van der Waals surface area contributed by atoms with E-state index >= 15 is 0 Å². The van der Waals surface area contributed by atoms with Gasteiger partial charge in [-0.05, 0) is 31.2 Å². The summed E-state index contributed by atoms with van der Waals surface area (Å²) >= 11 is 0. The molecule has 0 aliphatic carbocycles. The molecule has 0 saturated heterocycles. The van der Waals surface area contributed by atoms with Gasteiger partial charge in [0.05, 0.1) is 0 Å². The quantitative estimate of drug-likeness (QED) is 0.783. The predicted molar refractivity (Wildman–Crippen MR) is 66.9 cm³/mol. The van der Waals surface area contributed by atoms with Gasteiger partial charge >= 0.3 is 0 Å². The fourth-order valence-corrected chi connectivity index (χ4v) is 1.11. The van der Waals surface area contributed by atoms with Gasteiger partial charge in [0, 0.05) is 0 Å². The van der Waals surface area contributed by atoms with E-state index in [0.29, 0.717) is 0 Å². The first kappa shape index (κ1) is 13.2. The maximum absolute atomic E-state index is 7.61. The van der Waals surface area contributed by atoms with Crippen molar-refractivity contribution in [2.75, 3.05) is 0 Å². The second-order valence-corrected chi connectivity index (χ2v) is 3.36. The van der Waals surface area contributed by atoms with Gasteiger partial charge in [0.1, 0.15) is 17.8 Å². The molecule has 2 aromatic rings. The molecule has 0 atom stereocenters. The second-order valence-electron chi connectivity index (χ2n) is 3.36. The van der Waals surface area contributed by atoms with E-state index in [2.05, 4.69) is 0 Å². The van der Waals surface area contributed by atoms with Crippen molar-refractivity contribution in [1.29, 1.82) is 0 Å². The SMILES string of the molecule is CC(O)O.c1ccc(Oc2ccccc2)cc1. The molecule has 2 aromatic carbocycles. The highest BCUT2D eigenvalue weighted by Gasteiger charge is 1.92. The summed E-state index contributed by atoms with van der Waals surface area (Å²) in [5, 5.41) is 15.2. The lowest BCUT2D eigenvalue weighted by Gasteiger charge is -2.03. The maximum atomic E-state index is 7.61. The fourth-order valence-electron chi connectivity index (χ4n) is 1.11. The number of ether oxygens (including phenoxy) is 1. The average Bonchev–Trinajstić information content (AvgIpc) is 2.31. The fraction of sp³-hybridized carbons (Fsp3) is 0.143. The predicted octanol–water partition coefficient (Wildman–Crippen LogP) is 2.80. The highest BCUT2D eigenvalue weighted by Crippen LogP contribution is 2.19. The number of para-hydroxylation sites is 2. The van der Waals surface area contributed by atoms with Crippen LogP contribution in [0.1, 0.15) is 6.92 Å². The van der Waals surface area contributed by atoms with Crippen LogP contribution in [0.3, 0.4) is 0 Å². The first-order valence-corrected chi connectivity index (χ1v) is 5.32. The summed E-state index contributed by atoms with van der Waals surface area (Å²) in [6, 6.07) is 19.5. The topological polar surface area (TPSA) is 49.7 Å². The Morgan fingerprint density at radius 2 is 1.06 bits per heavy atom. The van der Waals surface area contributed by atoms with Crippen LogP contribution in [0.2, 0.25) is 0 Å². The van der Waals surface area contributed by atoms with Crippen molar-refractivity contribution in [3.63, 3.8) is 0 Å². The first-order valence-electron chi connectivity index (χ1n) is 5.32. The van der Waals surface area contributed by atoms with E-state index in [1.165, 1.54) is 6.92 Å². The molecule has 0 aliphatic heterocycles. The van der Waals surface area contributed by atoms with Crippen LogP contribution in [0.15, 0.2) is 60.7 Å². The molecule has 0 heterocycles. The molecule has 0 unspecified atom stereocenters. The number of benzene rings is 2. The summed E-state index contributed by atoms with van der Waals surface area (Å²) in [6.07, 6.45) is -1.17. The number of aliphatic hydroxyl groups excluding tert-OH is 1. The van der Waals surface area contributed by atoms with Crippen LogP contribution in [0.25, 0.3) is 0 Å². The Kier molecular flexibility index (Phi) is 5.79. The normalized spacial score (nSPS) is 9.41. The van der Waals surface area contributed by atoms with Gasteiger partial charge in [-0.25, -0.2) is 0 Å². The van der Waals surface area contributed by atoms with Crippen molar-refractivity contribution in [2.45, 2.75) is 13.2 Å². The van der Waals surface area contributed by atoms with E-state index < -0.39 is 6.29 Å². The van der Waals surface area contributed by atoms with Crippen LogP contribution in [0, 0.1) is 0 Å². The van der Waals surface area contributed by atoms with Gasteiger partial charge in [0.2, 0.25) is 0 Å². The minimum atomic E-state index is -1.17. The molecule has 0 bridgehead atoms. The number of aliphatic hydroxyl groups is 2. The zero-order chi connectivity index (χ0) is 12.5. The Bertz CT molecular complexity index is 358. The summed E-state index contributed by atoms with van der Waals surface area (Å²) in [5.41, 5.74) is 0. The van der Waals surface area contributed by atoms with E-state index in [-0.39, 0.29) is 0 Å². The monoisotopic (exact) mass is 232 g/mol. The first-order chi connectivity index (χ1) is 8.18. The number of hydrogen-bond acceptors (Lipinski definition) is 3. The molecule has 2 rings (SSSR count). The summed E-state index contributed by atoms with van der Waals surface area (Å²) in [4.78, 5) is 0. The minimum absolute atomic E-state index is 0.869. The Labute approximate surface area is 101 Å². The van der Waals surface area contributed by atoms with Gasteiger partial charge in [0.15, 0.2) is 0 Å². The van der Waals surface area contributed by atoms with E-state index in [4.69, 9.17) is 14.9 Å². The molecule has 0 amide bonds. The smallest absolute Gasteiger partial charge is 0.148 e. The number of rotatable bonds is 2. The van der Waals surface area contributed by atoms with Gasteiger partial charge in [0.25, 0.3) is 0 Å². The van der Waals surface area contributed by atoms with Crippen molar-refractivity contribution >= 4 is 0 Å². The largest absolute Gasteiger partial charge is 0.457 e. The van der Waals surface area contributed by atoms with E-state index in [1.54, 1.807) is 0 Å². The van der Waals surface area contributed by atoms with Gasteiger partial charge < -0.3 is 14.9 Å². The lowest BCUT2D eigenvalue weighted by molar-refractivity contribution is -0.0228. The molecule has 0 radical (unpaired) electrons. The molecular formula is C14H16O3. The summed E-state index contributed by atoms with van der Waals surface area (Å²) in [7, 11) is 0. The van der Waals surface area contributed by atoms with Gasteiger partial charge in [-0.1, -0.05) is 36.4 Å². The van der Waals surface area contributed by atoms with E-state index in [1.807, 2.05) is 60.7 Å². The van der Waals surface area contributed by atoms with Crippen LogP contribution in [0.4, 0.5) is 0 Å². The number of hydrogen-bond donors (Lipinski definition) is 2. The third-order valence-corrected chi connectivity index (χ3v) is 1.72. The van der Waals surface area contributed by atoms with Crippen LogP contribution < -0.4 is 4.74 Å². The summed E-state index contributed by atoms with van der Waals surface area (Å²) in [5.74, 6) is 1.74. The highest BCUT2D eigenvalue weighted by molar-refractivity contribution is 5.30. The molecule has 90 valence electrons. The molecule has 0 fully saturated rings. The van der Waals surface area contributed by atoms with Crippen molar-refractivity contribution in [1.82, 2.24) is 0 Å². The molecule has 0 aromatic heterocycles. The zero-order valence-corrected chi connectivity index (χ0v) is 9.65. The molecule has 3 heteroatoms. The highest BCUT2D eigenvalue weighted by atomic mass is 16.5. The van der Waals surface area contributed by atoms with E-state index in [0.717, 1.165) is 11.5 Å². The van der Waals surface area contributed by atoms with Gasteiger partial charge in [-0.15, -0.1) is 0 Å². The molecule has 17 heavy (non-hydrogen) atoms. The minimum Gasteiger partial charge on any atom is -0.457 e. The Morgan fingerprint density at radius 1 is 0.765 bits per heavy atom. The lowest BCUT2D eigenvalue weighted by atomic mass is 10.3. The Balaban J connectivity index is 0.000000317. The van der Waals surface area contributed by atoms with Crippen LogP contribution >= 0.6 is 0 Å². The third-order valence-electron chi connectivity index (χ3n) is 1.72. The van der Waals surface area contributed by atoms with Crippen molar-refractivity contribution in [3.05, 3.63) is 60.7 Å². The summed E-state index contributed by atoms with van der Waals surface area (Å²) in [6.45, 7) is 1.28. The molecule has 3 nitrogen and oxygen atoms in total. The summed E-state index contributed by atoms with van der Waals surface area (Å²) < 4.78 is 5.58. The zero-order valence-electron chi connectivity index (χ0n) is 9.65. The lowest BCUT2D eigenvalue weighted by Crippen LogP contribution is -1.92. The Hall–Kier alpha value is -1.84. The van der Waals surface area contributed by atoms with Gasteiger partial charge in [-0.3, -0.25) is 0 Å². The maximum Gasteiger partial charge on any atom is 0.148 e. The molecule has 0 aliphatic rings. The standard InChI is InChI=1S/C12H10O.C2H6O2/c1-3-7-11(8-4-1)13-12-9-5-2-6-10-12;1-2(3)4/h1-10H;2-4H,1H3. The second kappa shape index (κ2) is 7.44.